The number of benzene rings is 2. The van der Waals surface area contributed by atoms with E-state index in [1.54, 1.807) is 18.2 Å². The highest BCUT2D eigenvalue weighted by Crippen LogP contribution is 2.31. The molecule has 2 aromatic rings. The number of ether oxygens (including phenoxy) is 2. The lowest BCUT2D eigenvalue weighted by molar-refractivity contribution is -0.116. The molecule has 0 atom stereocenters. The van der Waals surface area contributed by atoms with Crippen molar-refractivity contribution in [2.75, 3.05) is 30.4 Å². The van der Waals surface area contributed by atoms with Gasteiger partial charge in [-0.05, 0) is 36.8 Å². The number of carbonyl (C=O) groups is 2. The maximum absolute atomic E-state index is 12.6. The first kappa shape index (κ1) is 22.6. The second-order valence-electron chi connectivity index (χ2n) is 7.09. The van der Waals surface area contributed by atoms with Crippen LogP contribution in [-0.4, -0.2) is 40.0 Å². The molecule has 0 bridgehead atoms. The molecule has 3 N–H and O–H groups in total. The fourth-order valence-electron chi connectivity index (χ4n) is 2.97. The number of fused-ring (bicyclic) bond motifs is 1. The van der Waals surface area contributed by atoms with Crippen LogP contribution in [0.15, 0.2) is 41.3 Å². The summed E-state index contributed by atoms with van der Waals surface area (Å²) in [6.45, 7) is 4.10. The van der Waals surface area contributed by atoms with Crippen molar-refractivity contribution in [2.24, 2.45) is 0 Å². The Labute approximate surface area is 181 Å². The summed E-state index contributed by atoms with van der Waals surface area (Å²) >= 11 is 0. The molecule has 0 aromatic heterocycles. The Hall–Kier alpha value is -3.11. The van der Waals surface area contributed by atoms with Crippen LogP contribution in [0.5, 0.6) is 11.5 Å². The van der Waals surface area contributed by atoms with Crippen LogP contribution in [0.3, 0.4) is 0 Å². The van der Waals surface area contributed by atoms with E-state index >= 15 is 0 Å². The summed E-state index contributed by atoms with van der Waals surface area (Å²) in [5.74, 6) is 0.229. The topological polar surface area (TPSA) is 123 Å². The molecule has 9 nitrogen and oxygen atoms in total. The Kier molecular flexibility index (Phi) is 7.13. The van der Waals surface area contributed by atoms with Gasteiger partial charge in [-0.3, -0.25) is 9.59 Å². The molecule has 10 heteroatoms. The second-order valence-corrected chi connectivity index (χ2v) is 8.85. The Balaban J connectivity index is 1.60. The number of amides is 2. The van der Waals surface area contributed by atoms with E-state index in [-0.39, 0.29) is 23.8 Å². The minimum absolute atomic E-state index is 0.0313. The number of hydrogen-bond donors (Lipinski definition) is 3. The van der Waals surface area contributed by atoms with E-state index in [4.69, 9.17) is 9.47 Å². The summed E-state index contributed by atoms with van der Waals surface area (Å²) in [4.78, 5) is 23.7. The van der Waals surface area contributed by atoms with Crippen molar-refractivity contribution in [3.05, 3.63) is 42.0 Å². The van der Waals surface area contributed by atoms with Gasteiger partial charge in [-0.2, -0.15) is 0 Å². The molecule has 166 valence electrons. The molecule has 2 aromatic carbocycles. The highest BCUT2D eigenvalue weighted by molar-refractivity contribution is 7.89. The summed E-state index contributed by atoms with van der Waals surface area (Å²) in [5, 5.41) is 5.36. The predicted molar refractivity (Wildman–Crippen MR) is 116 cm³/mol. The van der Waals surface area contributed by atoms with Crippen molar-refractivity contribution in [3.8, 4) is 11.5 Å². The lowest BCUT2D eigenvalue weighted by Gasteiger charge is -2.13. The minimum atomic E-state index is -3.83. The smallest absolute Gasteiger partial charge is 0.240 e. The monoisotopic (exact) mass is 447 g/mol. The molecule has 1 aliphatic heterocycles. The van der Waals surface area contributed by atoms with E-state index < -0.39 is 15.9 Å². The number of rotatable bonds is 7. The van der Waals surface area contributed by atoms with Crippen LogP contribution in [0.4, 0.5) is 11.4 Å². The van der Waals surface area contributed by atoms with Crippen LogP contribution >= 0.6 is 0 Å². The molecule has 0 unspecified atom stereocenters. The van der Waals surface area contributed by atoms with Crippen molar-refractivity contribution >= 4 is 33.2 Å². The molecule has 0 radical (unpaired) electrons. The Morgan fingerprint density at radius 1 is 0.968 bits per heavy atom. The van der Waals surface area contributed by atoms with Gasteiger partial charge in [0.2, 0.25) is 21.8 Å². The molecular formula is C21H25N3O6S. The fraction of sp³-hybridized carbons (Fsp3) is 0.333. The average Bonchev–Trinajstić information content (AvgIpc) is 2.94. The summed E-state index contributed by atoms with van der Waals surface area (Å²) < 4.78 is 38.6. The Morgan fingerprint density at radius 3 is 2.45 bits per heavy atom. The Morgan fingerprint density at radius 2 is 1.71 bits per heavy atom. The average molecular weight is 448 g/mol. The lowest BCUT2D eigenvalue weighted by atomic mass is 10.2. The van der Waals surface area contributed by atoms with Gasteiger partial charge in [0.1, 0.15) is 0 Å². The number of aryl methyl sites for hydroxylation is 1. The summed E-state index contributed by atoms with van der Waals surface area (Å²) in [6, 6.07) is 9.63. The highest BCUT2D eigenvalue weighted by atomic mass is 32.2. The van der Waals surface area contributed by atoms with Crippen molar-refractivity contribution in [2.45, 2.75) is 31.6 Å². The molecular weight excluding hydrogens is 422 g/mol. The molecule has 2 amide bonds. The molecule has 1 heterocycles. The van der Waals surface area contributed by atoms with Gasteiger partial charge < -0.3 is 20.1 Å². The largest absolute Gasteiger partial charge is 0.490 e. The zero-order valence-corrected chi connectivity index (χ0v) is 18.2. The standard InChI is InChI=1S/C21H25N3O6S/c1-14-4-6-17(23-15(2)25)18(12-14)24-21(26)8-9-22-31(27,28)16-5-7-19-20(13-16)30-11-3-10-29-19/h4-7,12-13,22H,3,8-11H2,1-2H3,(H,23,25)(H,24,26). The quantitative estimate of drug-likeness (QED) is 0.599. The molecule has 0 spiro atoms. The van der Waals surface area contributed by atoms with Crippen LogP contribution in [0.1, 0.15) is 25.3 Å². The number of carbonyl (C=O) groups excluding carboxylic acids is 2. The second kappa shape index (κ2) is 9.80. The summed E-state index contributed by atoms with van der Waals surface area (Å²) in [5.41, 5.74) is 1.82. The SMILES string of the molecule is CC(=O)Nc1ccc(C)cc1NC(=O)CCNS(=O)(=O)c1ccc2c(c1)OCCCO2. The molecule has 3 rings (SSSR count). The first-order valence-corrected chi connectivity index (χ1v) is 11.3. The van der Waals surface area contributed by atoms with Crippen molar-refractivity contribution in [1.82, 2.24) is 4.72 Å². The van der Waals surface area contributed by atoms with Gasteiger partial charge in [-0.15, -0.1) is 0 Å². The third kappa shape index (κ3) is 6.19. The first-order chi connectivity index (χ1) is 14.7. The van der Waals surface area contributed by atoms with E-state index in [0.29, 0.717) is 42.5 Å². The summed E-state index contributed by atoms with van der Waals surface area (Å²) in [7, 11) is -3.83. The van der Waals surface area contributed by atoms with Crippen LogP contribution in [-0.2, 0) is 19.6 Å². The van der Waals surface area contributed by atoms with Gasteiger partial charge in [-0.1, -0.05) is 6.07 Å². The van der Waals surface area contributed by atoms with E-state index in [2.05, 4.69) is 15.4 Å². The highest BCUT2D eigenvalue weighted by Gasteiger charge is 2.19. The normalized spacial score (nSPS) is 13.2. The summed E-state index contributed by atoms with van der Waals surface area (Å²) in [6.07, 6.45) is 0.631. The van der Waals surface area contributed by atoms with Crippen LogP contribution in [0, 0.1) is 6.92 Å². The minimum Gasteiger partial charge on any atom is -0.490 e. The maximum Gasteiger partial charge on any atom is 0.240 e. The number of anilines is 2. The van der Waals surface area contributed by atoms with E-state index in [0.717, 1.165) is 5.56 Å². The molecule has 0 saturated carbocycles. The zero-order chi connectivity index (χ0) is 22.4. The van der Waals surface area contributed by atoms with Gasteiger partial charge >= 0.3 is 0 Å². The third-order valence-corrected chi connectivity index (χ3v) is 5.89. The van der Waals surface area contributed by atoms with E-state index in [1.807, 2.05) is 13.0 Å². The van der Waals surface area contributed by atoms with Gasteiger partial charge in [0.05, 0.1) is 29.5 Å². The van der Waals surface area contributed by atoms with Gasteiger partial charge in [0.25, 0.3) is 0 Å². The zero-order valence-electron chi connectivity index (χ0n) is 17.4. The first-order valence-electron chi connectivity index (χ1n) is 9.82. The number of sulfonamides is 1. The number of hydrogen-bond acceptors (Lipinski definition) is 6. The molecule has 31 heavy (non-hydrogen) atoms. The molecule has 0 saturated heterocycles. The van der Waals surface area contributed by atoms with Gasteiger partial charge in [0, 0.05) is 32.4 Å². The molecule has 0 aliphatic carbocycles. The molecule has 1 aliphatic rings. The number of nitrogens with one attached hydrogen (secondary N) is 3. The van der Waals surface area contributed by atoms with Crippen LogP contribution < -0.4 is 24.8 Å². The van der Waals surface area contributed by atoms with Crippen LogP contribution in [0.2, 0.25) is 0 Å². The van der Waals surface area contributed by atoms with E-state index in [1.165, 1.54) is 19.1 Å². The van der Waals surface area contributed by atoms with Crippen molar-refractivity contribution in [3.63, 3.8) is 0 Å². The fourth-order valence-corrected chi connectivity index (χ4v) is 4.01. The van der Waals surface area contributed by atoms with Gasteiger partial charge in [0.15, 0.2) is 11.5 Å². The van der Waals surface area contributed by atoms with Crippen LogP contribution in [0.25, 0.3) is 0 Å². The molecule has 0 fully saturated rings. The predicted octanol–water partition coefficient (Wildman–Crippen LogP) is 2.42. The third-order valence-electron chi connectivity index (χ3n) is 4.43. The Bertz CT molecular complexity index is 1080. The van der Waals surface area contributed by atoms with Crippen molar-refractivity contribution < 1.29 is 27.5 Å². The van der Waals surface area contributed by atoms with Gasteiger partial charge in [-0.25, -0.2) is 13.1 Å². The lowest BCUT2D eigenvalue weighted by Crippen LogP contribution is -2.28. The van der Waals surface area contributed by atoms with E-state index in [9.17, 15) is 18.0 Å². The maximum atomic E-state index is 12.6. The van der Waals surface area contributed by atoms with Crippen molar-refractivity contribution in [1.29, 1.82) is 0 Å².